The van der Waals surface area contributed by atoms with Crippen molar-refractivity contribution in [2.45, 2.75) is 27.7 Å². The maximum absolute atomic E-state index is 11.8. The Morgan fingerprint density at radius 1 is 1.38 bits per heavy atom. The SMILES string of the molecule is CCN(CC)c1cc(NC(=O)C(C)C)c(Cl)cc1[N+](=O)[O-]. The van der Waals surface area contributed by atoms with E-state index in [0.29, 0.717) is 24.5 Å². The second kappa shape index (κ2) is 7.26. The summed E-state index contributed by atoms with van der Waals surface area (Å²) in [5.41, 5.74) is 0.780. The number of nitro benzene ring substituents is 1. The van der Waals surface area contributed by atoms with Crippen LogP contribution >= 0.6 is 11.6 Å². The lowest BCUT2D eigenvalue weighted by atomic mass is 10.1. The average Bonchev–Trinajstić information content (AvgIpc) is 2.42. The summed E-state index contributed by atoms with van der Waals surface area (Å²) in [7, 11) is 0. The molecular formula is C14H20ClN3O3. The Kier molecular flexibility index (Phi) is 5.96. The minimum absolute atomic E-state index is 0.0637. The summed E-state index contributed by atoms with van der Waals surface area (Å²) >= 11 is 6.05. The molecule has 7 heteroatoms. The van der Waals surface area contributed by atoms with Gasteiger partial charge in [-0.25, -0.2) is 0 Å². The molecule has 1 aromatic carbocycles. The first-order valence-electron chi connectivity index (χ1n) is 6.85. The molecule has 1 amide bonds. The molecule has 6 nitrogen and oxygen atoms in total. The van der Waals surface area contributed by atoms with Gasteiger partial charge in [-0.2, -0.15) is 0 Å². The lowest BCUT2D eigenvalue weighted by molar-refractivity contribution is -0.384. The number of rotatable bonds is 6. The van der Waals surface area contributed by atoms with Gasteiger partial charge >= 0.3 is 0 Å². The van der Waals surface area contributed by atoms with Crippen LogP contribution in [-0.2, 0) is 4.79 Å². The van der Waals surface area contributed by atoms with Crippen molar-refractivity contribution < 1.29 is 9.72 Å². The highest BCUT2D eigenvalue weighted by molar-refractivity contribution is 6.34. The highest BCUT2D eigenvalue weighted by Gasteiger charge is 2.22. The molecule has 1 N–H and O–H groups in total. The lowest BCUT2D eigenvalue weighted by Crippen LogP contribution is -2.24. The van der Waals surface area contributed by atoms with Gasteiger partial charge in [-0.1, -0.05) is 25.4 Å². The summed E-state index contributed by atoms with van der Waals surface area (Å²) < 4.78 is 0. The second-order valence-electron chi connectivity index (χ2n) is 4.89. The third-order valence-corrected chi connectivity index (χ3v) is 3.46. The minimum atomic E-state index is -0.465. The van der Waals surface area contributed by atoms with E-state index in [-0.39, 0.29) is 22.5 Å². The van der Waals surface area contributed by atoms with E-state index in [1.807, 2.05) is 18.7 Å². The molecule has 1 rings (SSSR count). The Labute approximate surface area is 129 Å². The van der Waals surface area contributed by atoms with Crippen LogP contribution in [0.15, 0.2) is 12.1 Å². The molecule has 0 radical (unpaired) electrons. The van der Waals surface area contributed by atoms with Gasteiger partial charge in [-0.15, -0.1) is 0 Å². The molecular weight excluding hydrogens is 294 g/mol. The number of anilines is 2. The van der Waals surface area contributed by atoms with Crippen LogP contribution in [0, 0.1) is 16.0 Å². The van der Waals surface area contributed by atoms with E-state index in [1.54, 1.807) is 19.9 Å². The number of amides is 1. The molecule has 0 aromatic heterocycles. The van der Waals surface area contributed by atoms with Gasteiger partial charge in [0.2, 0.25) is 5.91 Å². The summed E-state index contributed by atoms with van der Waals surface area (Å²) in [6.45, 7) is 8.59. The lowest BCUT2D eigenvalue weighted by Gasteiger charge is -2.22. The van der Waals surface area contributed by atoms with Crippen LogP contribution in [0.5, 0.6) is 0 Å². The Bertz CT molecular complexity index is 543. The van der Waals surface area contributed by atoms with Gasteiger partial charge in [0.05, 0.1) is 15.6 Å². The largest absolute Gasteiger partial charge is 0.366 e. The molecule has 0 bridgehead atoms. The second-order valence-corrected chi connectivity index (χ2v) is 5.30. The molecule has 116 valence electrons. The first-order chi connectivity index (χ1) is 9.81. The van der Waals surface area contributed by atoms with E-state index >= 15 is 0 Å². The topological polar surface area (TPSA) is 75.5 Å². The molecule has 0 aliphatic heterocycles. The standard InChI is InChI=1S/C14H20ClN3O3/c1-5-17(6-2)12-8-11(16-14(19)9(3)4)10(15)7-13(12)18(20)21/h7-9H,5-6H2,1-4H3,(H,16,19). The fourth-order valence-electron chi connectivity index (χ4n) is 1.89. The fourth-order valence-corrected chi connectivity index (χ4v) is 2.09. The summed E-state index contributed by atoms with van der Waals surface area (Å²) in [5.74, 6) is -0.385. The molecule has 0 aliphatic rings. The van der Waals surface area contributed by atoms with Gasteiger partial charge in [0.15, 0.2) is 0 Å². The van der Waals surface area contributed by atoms with Crippen LogP contribution in [0.2, 0.25) is 5.02 Å². The van der Waals surface area contributed by atoms with E-state index in [9.17, 15) is 14.9 Å². The normalized spacial score (nSPS) is 10.6. The van der Waals surface area contributed by atoms with Crippen molar-refractivity contribution in [3.63, 3.8) is 0 Å². The first kappa shape index (κ1) is 17.2. The van der Waals surface area contributed by atoms with Crippen LogP contribution < -0.4 is 10.2 Å². The molecule has 1 aromatic rings. The maximum Gasteiger partial charge on any atom is 0.294 e. The predicted molar refractivity (Wildman–Crippen MR) is 85.1 cm³/mol. The number of carbonyl (C=O) groups excluding carboxylic acids is 1. The third kappa shape index (κ3) is 4.07. The number of carbonyl (C=O) groups is 1. The van der Waals surface area contributed by atoms with Crippen LogP contribution in [0.3, 0.4) is 0 Å². The summed E-state index contributed by atoms with van der Waals surface area (Å²) in [4.78, 5) is 24.4. The van der Waals surface area contributed by atoms with Crippen molar-refractivity contribution in [2.75, 3.05) is 23.3 Å². The summed E-state index contributed by atoms with van der Waals surface area (Å²) in [6.07, 6.45) is 0. The van der Waals surface area contributed by atoms with Gasteiger partial charge in [0, 0.05) is 25.1 Å². The number of hydrogen-bond acceptors (Lipinski definition) is 4. The average molecular weight is 314 g/mol. The zero-order valence-corrected chi connectivity index (χ0v) is 13.4. The number of nitrogens with zero attached hydrogens (tertiary/aromatic N) is 2. The Balaban J connectivity index is 3.32. The molecule has 0 unspecified atom stereocenters. The van der Waals surface area contributed by atoms with Crippen molar-refractivity contribution >= 4 is 34.6 Å². The maximum atomic E-state index is 11.8. The van der Waals surface area contributed by atoms with Gasteiger partial charge in [0.25, 0.3) is 5.69 Å². The summed E-state index contributed by atoms with van der Waals surface area (Å²) in [6, 6.07) is 2.85. The molecule has 0 heterocycles. The van der Waals surface area contributed by atoms with E-state index in [0.717, 1.165) is 0 Å². The number of nitro groups is 1. The Hall–Kier alpha value is -1.82. The number of halogens is 1. The zero-order valence-electron chi connectivity index (χ0n) is 12.6. The van der Waals surface area contributed by atoms with E-state index in [4.69, 9.17) is 11.6 Å². The number of hydrogen-bond donors (Lipinski definition) is 1. The van der Waals surface area contributed by atoms with E-state index < -0.39 is 4.92 Å². The molecule has 0 fully saturated rings. The van der Waals surface area contributed by atoms with E-state index in [2.05, 4.69) is 5.32 Å². The van der Waals surface area contributed by atoms with Gasteiger partial charge in [-0.05, 0) is 19.9 Å². The van der Waals surface area contributed by atoms with Crippen LogP contribution in [-0.4, -0.2) is 23.9 Å². The molecule has 0 spiro atoms. The Morgan fingerprint density at radius 3 is 2.38 bits per heavy atom. The van der Waals surface area contributed by atoms with Crippen molar-refractivity contribution in [1.82, 2.24) is 0 Å². The van der Waals surface area contributed by atoms with Crippen molar-refractivity contribution in [1.29, 1.82) is 0 Å². The van der Waals surface area contributed by atoms with Crippen LogP contribution in [0.25, 0.3) is 0 Å². The molecule has 0 saturated carbocycles. The van der Waals surface area contributed by atoms with Gasteiger partial charge in [-0.3, -0.25) is 14.9 Å². The quantitative estimate of drug-likeness (QED) is 0.642. The smallest absolute Gasteiger partial charge is 0.294 e. The predicted octanol–water partition coefficient (Wildman–Crippen LogP) is 3.69. The third-order valence-electron chi connectivity index (χ3n) is 3.15. The monoisotopic (exact) mass is 313 g/mol. The Morgan fingerprint density at radius 2 is 1.95 bits per heavy atom. The highest BCUT2D eigenvalue weighted by Crippen LogP contribution is 2.36. The summed E-state index contributed by atoms with van der Waals surface area (Å²) in [5, 5.41) is 14.0. The highest BCUT2D eigenvalue weighted by atomic mass is 35.5. The fraction of sp³-hybridized carbons (Fsp3) is 0.500. The molecule has 21 heavy (non-hydrogen) atoms. The number of benzene rings is 1. The minimum Gasteiger partial charge on any atom is -0.366 e. The van der Waals surface area contributed by atoms with E-state index in [1.165, 1.54) is 6.07 Å². The van der Waals surface area contributed by atoms with Gasteiger partial charge < -0.3 is 10.2 Å². The van der Waals surface area contributed by atoms with Crippen LogP contribution in [0.1, 0.15) is 27.7 Å². The number of nitrogens with one attached hydrogen (secondary N) is 1. The van der Waals surface area contributed by atoms with Gasteiger partial charge in [0.1, 0.15) is 5.69 Å². The zero-order chi connectivity index (χ0) is 16.2. The first-order valence-corrected chi connectivity index (χ1v) is 7.23. The molecule has 0 saturated heterocycles. The van der Waals surface area contributed by atoms with Crippen LogP contribution in [0.4, 0.5) is 17.1 Å². The van der Waals surface area contributed by atoms with Crippen molar-refractivity contribution in [3.8, 4) is 0 Å². The van der Waals surface area contributed by atoms with Crippen molar-refractivity contribution in [3.05, 3.63) is 27.3 Å². The molecule has 0 atom stereocenters. The van der Waals surface area contributed by atoms with Crippen molar-refractivity contribution in [2.24, 2.45) is 5.92 Å². The molecule has 0 aliphatic carbocycles.